The molecule has 0 saturated carbocycles. The van der Waals surface area contributed by atoms with Crippen LogP contribution in [0.25, 0.3) is 21.9 Å². The number of para-hydroxylation sites is 1. The van der Waals surface area contributed by atoms with Crippen LogP contribution in [0.5, 0.6) is 5.75 Å². The molecule has 6 aromatic carbocycles. The van der Waals surface area contributed by atoms with Crippen LogP contribution in [-0.4, -0.2) is 86.3 Å². The molecule has 3 N–H and O–H groups in total. The monoisotopic (exact) mass is 931 g/mol. The molecule has 0 spiro atoms. The Kier molecular flexibility index (Phi) is 13.5. The minimum Gasteiger partial charge on any atom is -0.496 e. The van der Waals surface area contributed by atoms with E-state index in [1.807, 2.05) is 36.4 Å². The van der Waals surface area contributed by atoms with Crippen molar-refractivity contribution in [1.82, 2.24) is 15.5 Å². The second-order valence-corrected chi connectivity index (χ2v) is 17.9. The number of esters is 1. The number of hydrogen-bond donors (Lipinski definition) is 3. The van der Waals surface area contributed by atoms with Crippen molar-refractivity contribution >= 4 is 57.9 Å². The molecule has 0 aromatic heterocycles. The van der Waals surface area contributed by atoms with Crippen LogP contribution in [0.4, 0.5) is 21.0 Å². The first-order valence-electron chi connectivity index (χ1n) is 22.4. The maximum Gasteiger partial charge on any atom is 0.411 e. The standard InChI is InChI=1S/C54H53N5O10/c1-31(58(5)53(65)69-54(2,3)4)49(61)57-48-50(62)59(29-42-36-26-22-34(51(63)67-7)28-33(36)23-27-45(42)66-6)44-19-13-12-18-41(44)46(56-48)47(60)32-20-24-35(25-21-32)55-52(64)68-30-43-39-16-10-8-14-37(39)38-15-9-11-17-40(38)43/h8-28,31,43,46,48,56H,29-30H2,1-7H3,(H,55,64)(H,57,61)/t31-,46?,48-/m0/s1. The van der Waals surface area contributed by atoms with Crippen LogP contribution < -0.4 is 25.6 Å². The van der Waals surface area contributed by atoms with E-state index in [-0.39, 0.29) is 24.6 Å². The molecular formula is C54H53N5O10. The Morgan fingerprint density at radius 3 is 2.04 bits per heavy atom. The molecule has 1 heterocycles. The third-order valence-corrected chi connectivity index (χ3v) is 12.4. The van der Waals surface area contributed by atoms with E-state index in [0.29, 0.717) is 44.6 Å². The van der Waals surface area contributed by atoms with E-state index in [9.17, 15) is 24.0 Å². The van der Waals surface area contributed by atoms with Gasteiger partial charge >= 0.3 is 18.2 Å². The van der Waals surface area contributed by atoms with Crippen LogP contribution in [0.2, 0.25) is 0 Å². The molecule has 15 heteroatoms. The summed E-state index contributed by atoms with van der Waals surface area (Å²) >= 11 is 0. The summed E-state index contributed by atoms with van der Waals surface area (Å²) in [5.41, 5.74) is 5.90. The second kappa shape index (κ2) is 19.7. The number of methoxy groups -OCH3 is 2. The van der Waals surface area contributed by atoms with Gasteiger partial charge in [-0.25, -0.2) is 14.4 Å². The lowest BCUT2D eigenvalue weighted by Crippen LogP contribution is -2.59. The van der Waals surface area contributed by atoms with Gasteiger partial charge in [-0.2, -0.15) is 0 Å². The Morgan fingerprint density at radius 1 is 0.783 bits per heavy atom. The molecule has 4 amide bonds. The van der Waals surface area contributed by atoms with E-state index in [0.717, 1.165) is 27.2 Å². The molecule has 0 radical (unpaired) electrons. The lowest BCUT2D eigenvalue weighted by molar-refractivity contribution is -0.131. The molecular weight excluding hydrogens is 879 g/mol. The van der Waals surface area contributed by atoms with E-state index in [4.69, 9.17) is 18.9 Å². The third-order valence-electron chi connectivity index (χ3n) is 12.4. The molecule has 1 unspecified atom stereocenters. The summed E-state index contributed by atoms with van der Waals surface area (Å²) in [6.07, 6.45) is -2.91. The number of nitrogens with one attached hydrogen (secondary N) is 3. The number of Topliss-reactive ketones (excluding diaryl/α,β-unsaturated/α-hetero) is 1. The summed E-state index contributed by atoms with van der Waals surface area (Å²) in [5.74, 6) is -1.96. The summed E-state index contributed by atoms with van der Waals surface area (Å²) in [6.45, 7) is 6.65. The number of ketones is 1. The predicted octanol–water partition coefficient (Wildman–Crippen LogP) is 8.75. The van der Waals surface area contributed by atoms with Crippen molar-refractivity contribution in [3.8, 4) is 16.9 Å². The summed E-state index contributed by atoms with van der Waals surface area (Å²) < 4.78 is 22.0. The van der Waals surface area contributed by atoms with Crippen molar-refractivity contribution < 1.29 is 47.7 Å². The Hall–Kier alpha value is -8.04. The smallest absolute Gasteiger partial charge is 0.411 e. The second-order valence-electron chi connectivity index (χ2n) is 17.9. The lowest BCUT2D eigenvalue weighted by Gasteiger charge is -2.30. The minimum absolute atomic E-state index is 0.0908. The molecule has 0 bridgehead atoms. The molecule has 1 aliphatic heterocycles. The Labute approximate surface area is 399 Å². The number of rotatable bonds is 12. The third kappa shape index (κ3) is 9.86. The Balaban J connectivity index is 1.08. The van der Waals surface area contributed by atoms with Crippen LogP contribution >= 0.6 is 0 Å². The largest absolute Gasteiger partial charge is 0.496 e. The zero-order chi connectivity index (χ0) is 49.1. The van der Waals surface area contributed by atoms with Crippen molar-refractivity contribution in [2.24, 2.45) is 0 Å². The first-order chi connectivity index (χ1) is 33.1. The number of carbonyl (C=O) groups excluding carboxylic acids is 6. The molecule has 354 valence electrons. The fourth-order valence-electron chi connectivity index (χ4n) is 8.76. The molecule has 69 heavy (non-hydrogen) atoms. The molecule has 3 atom stereocenters. The fraction of sp³-hybridized carbons (Fsp3) is 0.259. The molecule has 1 aliphatic carbocycles. The summed E-state index contributed by atoms with van der Waals surface area (Å²) in [6, 6.07) is 35.6. The van der Waals surface area contributed by atoms with Crippen LogP contribution in [0, 0.1) is 0 Å². The highest BCUT2D eigenvalue weighted by Gasteiger charge is 2.40. The highest BCUT2D eigenvalue weighted by molar-refractivity contribution is 6.07. The van der Waals surface area contributed by atoms with Crippen LogP contribution in [0.1, 0.15) is 82.6 Å². The van der Waals surface area contributed by atoms with Gasteiger partial charge in [-0.3, -0.25) is 29.9 Å². The highest BCUT2D eigenvalue weighted by Crippen LogP contribution is 2.45. The molecule has 2 aliphatic rings. The molecule has 6 aromatic rings. The first kappa shape index (κ1) is 47.5. The number of fused-ring (bicyclic) bond motifs is 5. The average Bonchev–Trinajstić information content (AvgIpc) is 3.62. The molecule has 0 saturated heterocycles. The van der Waals surface area contributed by atoms with Crippen LogP contribution in [0.15, 0.2) is 127 Å². The topological polar surface area (TPSA) is 182 Å². The van der Waals surface area contributed by atoms with Gasteiger partial charge in [-0.15, -0.1) is 0 Å². The van der Waals surface area contributed by atoms with Crippen molar-refractivity contribution in [1.29, 1.82) is 0 Å². The predicted molar refractivity (Wildman–Crippen MR) is 260 cm³/mol. The normalized spacial score (nSPS) is 15.7. The van der Waals surface area contributed by atoms with Gasteiger partial charge in [-0.05, 0) is 109 Å². The summed E-state index contributed by atoms with van der Waals surface area (Å²) in [5, 5.41) is 10.0. The zero-order valence-corrected chi connectivity index (χ0v) is 39.3. The van der Waals surface area contributed by atoms with E-state index in [1.165, 1.54) is 33.1 Å². The van der Waals surface area contributed by atoms with E-state index < -0.39 is 59.6 Å². The molecule has 8 rings (SSSR count). The highest BCUT2D eigenvalue weighted by atomic mass is 16.6. The number of carbonyl (C=O) groups is 6. The van der Waals surface area contributed by atoms with Gasteiger partial charge in [0.25, 0.3) is 5.91 Å². The van der Waals surface area contributed by atoms with Crippen molar-refractivity contribution in [3.05, 3.63) is 161 Å². The number of benzene rings is 6. The first-order valence-corrected chi connectivity index (χ1v) is 22.4. The maximum absolute atomic E-state index is 15.1. The Bertz CT molecular complexity index is 2940. The Morgan fingerprint density at radius 2 is 1.41 bits per heavy atom. The number of hydrogen-bond acceptors (Lipinski definition) is 11. The molecule has 15 nitrogen and oxygen atoms in total. The van der Waals surface area contributed by atoms with E-state index in [2.05, 4.69) is 28.1 Å². The SMILES string of the molecule is COC(=O)c1ccc2c(CN3C(=O)[C@H](NC(=O)[C@H](C)N(C)C(=O)OC(C)(C)C)NC(C(=O)c4ccc(NC(=O)OCC5c6ccccc6-c6ccccc65)cc4)c4ccccc43)c(OC)ccc2c1. The summed E-state index contributed by atoms with van der Waals surface area (Å²) in [7, 11) is 4.22. The minimum atomic E-state index is -1.50. The van der Waals surface area contributed by atoms with Crippen molar-refractivity contribution in [2.45, 2.75) is 64.0 Å². The summed E-state index contributed by atoms with van der Waals surface area (Å²) in [4.78, 5) is 85.2. The van der Waals surface area contributed by atoms with Crippen LogP contribution in [0.3, 0.4) is 0 Å². The van der Waals surface area contributed by atoms with Gasteiger partial charge in [0.15, 0.2) is 11.9 Å². The van der Waals surface area contributed by atoms with Gasteiger partial charge in [0, 0.05) is 41.0 Å². The number of amides is 4. The maximum atomic E-state index is 15.1. The fourth-order valence-corrected chi connectivity index (χ4v) is 8.76. The number of nitrogens with zero attached hydrogens (tertiary/aromatic N) is 2. The van der Waals surface area contributed by atoms with E-state index in [1.54, 1.807) is 99.6 Å². The van der Waals surface area contributed by atoms with Gasteiger partial charge < -0.3 is 29.2 Å². The van der Waals surface area contributed by atoms with Gasteiger partial charge in [-0.1, -0.05) is 78.9 Å². The zero-order valence-electron chi connectivity index (χ0n) is 39.3. The van der Waals surface area contributed by atoms with Gasteiger partial charge in [0.2, 0.25) is 5.91 Å². The quantitative estimate of drug-likeness (QED) is 0.0606. The van der Waals surface area contributed by atoms with Gasteiger partial charge in [0.1, 0.15) is 30.0 Å². The van der Waals surface area contributed by atoms with Crippen LogP contribution in [-0.2, 0) is 30.3 Å². The lowest BCUT2D eigenvalue weighted by atomic mass is 9.95. The number of likely N-dealkylation sites (N-methyl/N-ethyl adjacent to an activating group) is 1. The average molecular weight is 932 g/mol. The molecule has 0 fully saturated rings. The number of ether oxygens (including phenoxy) is 4. The van der Waals surface area contributed by atoms with E-state index >= 15 is 4.79 Å². The van der Waals surface area contributed by atoms with Crippen molar-refractivity contribution in [3.63, 3.8) is 0 Å². The van der Waals surface area contributed by atoms with Crippen molar-refractivity contribution in [2.75, 3.05) is 38.1 Å². The number of anilines is 2. The van der Waals surface area contributed by atoms with Gasteiger partial charge in [0.05, 0.1) is 26.3 Å².